The molecule has 18 heavy (non-hydrogen) atoms. The van der Waals surface area contributed by atoms with Gasteiger partial charge in [0.15, 0.2) is 0 Å². The normalized spacial score (nSPS) is 14.0. The first-order valence-electron chi connectivity index (χ1n) is 5.69. The summed E-state index contributed by atoms with van der Waals surface area (Å²) in [6.45, 7) is 2.72. The molecule has 0 spiro atoms. The Hall–Kier alpha value is -1.07. The minimum Gasteiger partial charge on any atom is -0.387 e. The van der Waals surface area contributed by atoms with Crippen molar-refractivity contribution in [2.75, 3.05) is 20.1 Å². The van der Waals surface area contributed by atoms with Gasteiger partial charge in [0, 0.05) is 6.54 Å². The Morgan fingerprint density at radius 3 is 2.11 bits per heavy atom. The molecule has 0 aliphatic rings. The van der Waals surface area contributed by atoms with Crippen LogP contribution in [-0.4, -0.2) is 36.3 Å². The number of hydrogen-bond acceptors (Lipinski definition) is 2. The van der Waals surface area contributed by atoms with Gasteiger partial charge in [-0.15, -0.1) is 0 Å². The first kappa shape index (κ1) is 15.0. The molecule has 102 valence electrons. The number of nitrogens with zero attached hydrogens (tertiary/aromatic N) is 1. The molecule has 1 rings (SSSR count). The van der Waals surface area contributed by atoms with Crippen LogP contribution < -0.4 is 0 Å². The number of hydrogen-bond donors (Lipinski definition) is 1. The number of aliphatic hydroxyl groups is 1. The fraction of sp³-hybridized carbons (Fsp3) is 0.538. The Labute approximate surface area is 105 Å². The van der Waals surface area contributed by atoms with Crippen molar-refractivity contribution in [1.82, 2.24) is 4.90 Å². The first-order valence-corrected chi connectivity index (χ1v) is 5.69. The van der Waals surface area contributed by atoms with Crippen molar-refractivity contribution >= 4 is 0 Å². The van der Waals surface area contributed by atoms with Crippen LogP contribution in [-0.2, 0) is 0 Å². The van der Waals surface area contributed by atoms with Crippen LogP contribution in [0.2, 0.25) is 0 Å². The van der Waals surface area contributed by atoms with Crippen molar-refractivity contribution in [3.63, 3.8) is 0 Å². The summed E-state index contributed by atoms with van der Waals surface area (Å²) < 4.78 is 36.5. The molecule has 1 atom stereocenters. The summed E-state index contributed by atoms with van der Waals surface area (Å²) in [5.41, 5.74) is 2.63. The number of benzene rings is 1. The molecule has 0 fully saturated rings. The zero-order valence-corrected chi connectivity index (χ0v) is 10.8. The van der Waals surface area contributed by atoms with Crippen molar-refractivity contribution in [2.45, 2.75) is 26.1 Å². The number of likely N-dealkylation sites (N-methyl/N-ethyl adjacent to an activating group) is 1. The van der Waals surface area contributed by atoms with E-state index >= 15 is 0 Å². The van der Waals surface area contributed by atoms with E-state index in [1.165, 1.54) is 7.05 Å². The molecule has 0 amide bonds. The molecular formula is C13H18F3NO. The zero-order chi connectivity index (χ0) is 13.9. The minimum atomic E-state index is -4.24. The number of aliphatic hydroxyl groups excluding tert-OH is 1. The monoisotopic (exact) mass is 261 g/mol. The lowest BCUT2D eigenvalue weighted by Gasteiger charge is -2.22. The zero-order valence-electron chi connectivity index (χ0n) is 10.8. The molecule has 0 heterocycles. The van der Waals surface area contributed by atoms with Gasteiger partial charge in [0.1, 0.15) is 0 Å². The molecule has 1 aromatic rings. The molecule has 2 nitrogen and oxygen atoms in total. The third-order valence-corrected chi connectivity index (χ3v) is 2.56. The molecule has 0 aliphatic carbocycles. The number of halogens is 3. The second kappa shape index (κ2) is 5.71. The third kappa shape index (κ3) is 5.06. The minimum absolute atomic E-state index is 0.0393. The van der Waals surface area contributed by atoms with Crippen molar-refractivity contribution in [3.8, 4) is 0 Å². The summed E-state index contributed by atoms with van der Waals surface area (Å²) in [6.07, 6.45) is -5.15. The summed E-state index contributed by atoms with van der Waals surface area (Å²) in [5.74, 6) is 0. The van der Waals surface area contributed by atoms with Gasteiger partial charge in [0.2, 0.25) is 0 Å². The molecule has 0 saturated carbocycles. The van der Waals surface area contributed by atoms with Crippen LogP contribution in [0, 0.1) is 13.8 Å². The average Bonchev–Trinajstić information content (AvgIpc) is 2.12. The van der Waals surface area contributed by atoms with Gasteiger partial charge in [0.05, 0.1) is 12.6 Å². The van der Waals surface area contributed by atoms with E-state index in [4.69, 9.17) is 0 Å². The maximum Gasteiger partial charge on any atom is 0.401 e. The molecule has 1 aromatic carbocycles. The lowest BCUT2D eigenvalue weighted by molar-refractivity contribution is -0.145. The lowest BCUT2D eigenvalue weighted by Crippen LogP contribution is -2.34. The fourth-order valence-electron chi connectivity index (χ4n) is 1.97. The molecule has 0 aliphatic heterocycles. The van der Waals surface area contributed by atoms with Crippen molar-refractivity contribution in [2.24, 2.45) is 0 Å². The van der Waals surface area contributed by atoms with Crippen LogP contribution in [0.25, 0.3) is 0 Å². The standard InChI is InChI=1S/C13H18F3NO/c1-9-4-10(2)6-11(5-9)12(18)7-17(3)8-13(14,15)16/h4-6,12,18H,7-8H2,1-3H3. The number of rotatable bonds is 4. The molecule has 0 bridgehead atoms. The smallest absolute Gasteiger partial charge is 0.387 e. The molecule has 0 saturated heterocycles. The summed E-state index contributed by atoms with van der Waals surface area (Å²) in [6, 6.07) is 5.54. The fourth-order valence-corrected chi connectivity index (χ4v) is 1.97. The molecule has 0 radical (unpaired) electrons. The van der Waals surface area contributed by atoms with Crippen molar-refractivity contribution in [1.29, 1.82) is 0 Å². The van der Waals surface area contributed by atoms with Gasteiger partial charge in [0.25, 0.3) is 0 Å². The van der Waals surface area contributed by atoms with Crippen LogP contribution in [0.4, 0.5) is 13.2 Å². The van der Waals surface area contributed by atoms with Crippen molar-refractivity contribution < 1.29 is 18.3 Å². The summed E-state index contributed by atoms with van der Waals surface area (Å²) >= 11 is 0. The molecule has 5 heteroatoms. The highest BCUT2D eigenvalue weighted by molar-refractivity contribution is 5.30. The highest BCUT2D eigenvalue weighted by atomic mass is 19.4. The number of aryl methyl sites for hydroxylation is 2. The summed E-state index contributed by atoms with van der Waals surface area (Å²) in [7, 11) is 1.35. The first-order chi connectivity index (χ1) is 8.17. The molecule has 1 N–H and O–H groups in total. The number of alkyl halides is 3. The van der Waals surface area contributed by atoms with E-state index in [0.717, 1.165) is 16.0 Å². The van der Waals surface area contributed by atoms with E-state index in [0.29, 0.717) is 5.56 Å². The Morgan fingerprint density at radius 1 is 1.17 bits per heavy atom. The van der Waals surface area contributed by atoms with Gasteiger partial charge in [-0.2, -0.15) is 13.2 Å². The van der Waals surface area contributed by atoms with E-state index in [2.05, 4.69) is 0 Å². The summed E-state index contributed by atoms with van der Waals surface area (Å²) in [4.78, 5) is 1.07. The Balaban J connectivity index is 2.67. The Kier molecular flexibility index (Phi) is 4.76. The van der Waals surface area contributed by atoms with Crippen LogP contribution in [0.3, 0.4) is 0 Å². The molecule has 1 unspecified atom stereocenters. The maximum absolute atomic E-state index is 12.2. The second-order valence-corrected chi connectivity index (χ2v) is 4.75. The quantitative estimate of drug-likeness (QED) is 0.901. The largest absolute Gasteiger partial charge is 0.401 e. The topological polar surface area (TPSA) is 23.5 Å². The van der Waals surface area contributed by atoms with E-state index in [1.807, 2.05) is 19.9 Å². The van der Waals surface area contributed by atoms with Gasteiger partial charge >= 0.3 is 6.18 Å². The van der Waals surface area contributed by atoms with E-state index in [-0.39, 0.29) is 6.54 Å². The van der Waals surface area contributed by atoms with Gasteiger partial charge in [-0.05, 0) is 26.5 Å². The second-order valence-electron chi connectivity index (χ2n) is 4.75. The van der Waals surface area contributed by atoms with E-state index < -0.39 is 18.8 Å². The highest BCUT2D eigenvalue weighted by Gasteiger charge is 2.29. The maximum atomic E-state index is 12.2. The SMILES string of the molecule is Cc1cc(C)cc(C(O)CN(C)CC(F)(F)F)c1. The molecule has 0 aromatic heterocycles. The lowest BCUT2D eigenvalue weighted by atomic mass is 10.0. The van der Waals surface area contributed by atoms with Gasteiger partial charge < -0.3 is 5.11 Å². The van der Waals surface area contributed by atoms with Gasteiger partial charge in [-0.25, -0.2) is 0 Å². The van der Waals surface area contributed by atoms with E-state index in [9.17, 15) is 18.3 Å². The predicted octanol–water partition coefficient (Wildman–Crippen LogP) is 2.83. The van der Waals surface area contributed by atoms with Crippen LogP contribution in [0.15, 0.2) is 18.2 Å². The summed E-state index contributed by atoms with van der Waals surface area (Å²) in [5, 5.41) is 9.93. The average molecular weight is 261 g/mol. The van der Waals surface area contributed by atoms with Crippen LogP contribution in [0.1, 0.15) is 22.8 Å². The van der Waals surface area contributed by atoms with Gasteiger partial charge in [-0.1, -0.05) is 29.3 Å². The van der Waals surface area contributed by atoms with Gasteiger partial charge in [-0.3, -0.25) is 4.90 Å². The highest BCUT2D eigenvalue weighted by Crippen LogP contribution is 2.20. The Bertz CT molecular complexity index is 383. The third-order valence-electron chi connectivity index (χ3n) is 2.56. The predicted molar refractivity (Wildman–Crippen MR) is 64.4 cm³/mol. The van der Waals surface area contributed by atoms with E-state index in [1.54, 1.807) is 12.1 Å². The van der Waals surface area contributed by atoms with Crippen LogP contribution in [0.5, 0.6) is 0 Å². The molecular weight excluding hydrogens is 243 g/mol. The Morgan fingerprint density at radius 2 is 1.67 bits per heavy atom. The van der Waals surface area contributed by atoms with Crippen LogP contribution >= 0.6 is 0 Å². The van der Waals surface area contributed by atoms with Crippen molar-refractivity contribution in [3.05, 3.63) is 34.9 Å².